The second-order valence-corrected chi connectivity index (χ2v) is 5.88. The molecule has 19 heavy (non-hydrogen) atoms. The van der Waals surface area contributed by atoms with Crippen LogP contribution in [0.25, 0.3) is 0 Å². The van der Waals surface area contributed by atoms with E-state index in [4.69, 9.17) is 0 Å². The molecule has 1 aliphatic heterocycles. The molecule has 1 aliphatic rings. The van der Waals surface area contributed by atoms with Gasteiger partial charge in [0.05, 0.1) is 0 Å². The van der Waals surface area contributed by atoms with E-state index in [2.05, 4.69) is 20.8 Å². The van der Waals surface area contributed by atoms with E-state index in [0.29, 0.717) is 17.8 Å². The minimum absolute atomic E-state index is 0. The van der Waals surface area contributed by atoms with Gasteiger partial charge >= 0.3 is 0 Å². The van der Waals surface area contributed by atoms with E-state index in [1.165, 1.54) is 0 Å². The van der Waals surface area contributed by atoms with Crippen molar-refractivity contribution in [3.63, 3.8) is 0 Å². The maximum absolute atomic E-state index is 12.3. The summed E-state index contributed by atoms with van der Waals surface area (Å²) in [5.74, 6) is 1.70. The second kappa shape index (κ2) is 7.93. The molecule has 108 valence electrons. The van der Waals surface area contributed by atoms with Crippen molar-refractivity contribution < 1.29 is 13.6 Å². The molecule has 0 saturated carbocycles. The Morgan fingerprint density at radius 1 is 1.53 bits per heavy atom. The van der Waals surface area contributed by atoms with Crippen LogP contribution in [-0.2, 0) is 4.79 Å². The highest BCUT2D eigenvalue weighted by molar-refractivity contribution is 7.99. The third kappa shape index (κ3) is 5.17. The number of alkyl halides is 2. The quantitative estimate of drug-likeness (QED) is 0.883. The zero-order valence-corrected chi connectivity index (χ0v) is 12.2. The summed E-state index contributed by atoms with van der Waals surface area (Å²) in [5, 5.41) is 12.3. The highest BCUT2D eigenvalue weighted by Crippen LogP contribution is 2.25. The lowest BCUT2D eigenvalue weighted by Gasteiger charge is -2.22. The fraction of sp³-hybridized carbons (Fsp3) is 0.667. The first kappa shape index (κ1) is 16.5. The van der Waals surface area contributed by atoms with Gasteiger partial charge in [-0.25, -0.2) is 8.78 Å². The second-order valence-electron chi connectivity index (χ2n) is 3.72. The van der Waals surface area contributed by atoms with Gasteiger partial charge < -0.3 is 10.6 Å². The minimum atomic E-state index is -2.65. The Morgan fingerprint density at radius 3 is 2.89 bits per heavy atom. The Bertz CT molecular complexity index is 415. The van der Waals surface area contributed by atoms with Crippen LogP contribution in [0.15, 0.2) is 0 Å². The van der Waals surface area contributed by atoms with Crippen LogP contribution in [0.4, 0.5) is 13.9 Å². The molecular formula is C9H13ClF2N4OS2. The lowest BCUT2D eigenvalue weighted by Crippen LogP contribution is -2.39. The first-order valence-electron chi connectivity index (χ1n) is 5.37. The molecule has 2 rings (SSSR count). The smallest absolute Gasteiger partial charge is 0.291 e. The average Bonchev–Trinajstić information content (AvgIpc) is 2.78. The van der Waals surface area contributed by atoms with Crippen molar-refractivity contribution in [2.24, 2.45) is 0 Å². The summed E-state index contributed by atoms with van der Waals surface area (Å²) in [6.07, 6.45) is -2.33. The number of hydrogen-bond donors (Lipinski definition) is 2. The molecular weight excluding hydrogens is 318 g/mol. The summed E-state index contributed by atoms with van der Waals surface area (Å²) >= 11 is 2.49. The predicted octanol–water partition coefficient (Wildman–Crippen LogP) is 1.93. The van der Waals surface area contributed by atoms with Gasteiger partial charge in [-0.15, -0.1) is 22.6 Å². The number of aromatic nitrogens is 2. The van der Waals surface area contributed by atoms with Crippen LogP contribution < -0.4 is 10.6 Å². The predicted molar refractivity (Wildman–Crippen MR) is 74.5 cm³/mol. The lowest BCUT2D eigenvalue weighted by atomic mass is 10.2. The topological polar surface area (TPSA) is 66.9 Å². The molecule has 1 unspecified atom stereocenters. The van der Waals surface area contributed by atoms with Gasteiger partial charge in [0, 0.05) is 30.5 Å². The number of rotatable bonds is 4. The Kier molecular flexibility index (Phi) is 6.90. The average molecular weight is 331 g/mol. The summed E-state index contributed by atoms with van der Waals surface area (Å²) in [4.78, 5) is 11.7. The van der Waals surface area contributed by atoms with E-state index in [1.54, 1.807) is 11.8 Å². The number of thioether (sulfide) groups is 1. The minimum Gasteiger partial charge on any atom is -0.312 e. The van der Waals surface area contributed by atoms with Gasteiger partial charge in [0.15, 0.2) is 5.01 Å². The van der Waals surface area contributed by atoms with Gasteiger partial charge in [-0.05, 0) is 0 Å². The molecule has 0 bridgehead atoms. The van der Waals surface area contributed by atoms with Crippen molar-refractivity contribution in [3.05, 3.63) is 5.01 Å². The fourth-order valence-electron chi connectivity index (χ4n) is 1.52. The third-order valence-electron chi connectivity index (χ3n) is 2.30. The molecule has 2 N–H and O–H groups in total. The van der Waals surface area contributed by atoms with Gasteiger partial charge in [-0.1, -0.05) is 11.3 Å². The standard InChI is InChI=1S/C9H12F2N4OS2.ClH/c10-7(11)8-14-15-9(18-8)13-6(16)3-5-4-17-2-1-12-5;/h5,7,12H,1-4H2,(H,13,15,16);1H. The zero-order valence-electron chi connectivity index (χ0n) is 9.77. The van der Waals surface area contributed by atoms with Crippen LogP contribution in [0.2, 0.25) is 0 Å². The number of hydrogen-bond acceptors (Lipinski definition) is 6. The normalized spacial score (nSPS) is 19.0. The summed E-state index contributed by atoms with van der Waals surface area (Å²) in [6.45, 7) is 0.886. The molecule has 2 heterocycles. The largest absolute Gasteiger partial charge is 0.312 e. The van der Waals surface area contributed by atoms with Gasteiger partial charge in [-0.3, -0.25) is 4.79 Å². The third-order valence-corrected chi connectivity index (χ3v) is 4.28. The molecule has 0 radical (unpaired) electrons. The number of carbonyl (C=O) groups excluding carboxylic acids is 1. The SMILES string of the molecule is Cl.O=C(CC1CSCCN1)Nc1nnc(C(F)F)s1. The molecule has 10 heteroatoms. The fourth-order valence-corrected chi connectivity index (χ4v) is 3.08. The molecule has 1 amide bonds. The maximum Gasteiger partial charge on any atom is 0.291 e. The zero-order chi connectivity index (χ0) is 13.0. The van der Waals surface area contributed by atoms with E-state index in [1.807, 2.05) is 0 Å². The number of nitrogens with one attached hydrogen (secondary N) is 2. The number of carbonyl (C=O) groups is 1. The van der Waals surface area contributed by atoms with Gasteiger partial charge in [0.1, 0.15) is 0 Å². The van der Waals surface area contributed by atoms with E-state index in [-0.39, 0.29) is 34.5 Å². The summed E-state index contributed by atoms with van der Waals surface area (Å²) < 4.78 is 24.5. The summed E-state index contributed by atoms with van der Waals surface area (Å²) in [5.41, 5.74) is 0. The van der Waals surface area contributed by atoms with E-state index in [0.717, 1.165) is 18.1 Å². The highest BCUT2D eigenvalue weighted by Gasteiger charge is 2.19. The van der Waals surface area contributed by atoms with E-state index in [9.17, 15) is 13.6 Å². The maximum atomic E-state index is 12.3. The van der Waals surface area contributed by atoms with Crippen molar-refractivity contribution in [2.75, 3.05) is 23.4 Å². The highest BCUT2D eigenvalue weighted by atomic mass is 35.5. The van der Waals surface area contributed by atoms with Crippen molar-refractivity contribution in [1.82, 2.24) is 15.5 Å². The van der Waals surface area contributed by atoms with Crippen molar-refractivity contribution in [1.29, 1.82) is 0 Å². The number of anilines is 1. The van der Waals surface area contributed by atoms with Crippen LogP contribution in [0.3, 0.4) is 0 Å². The van der Waals surface area contributed by atoms with Gasteiger partial charge in [0.2, 0.25) is 11.0 Å². The number of halogens is 3. The molecule has 1 aromatic heterocycles. The summed E-state index contributed by atoms with van der Waals surface area (Å²) in [6, 6.07) is 0.131. The molecule has 1 aromatic rings. The monoisotopic (exact) mass is 330 g/mol. The molecule has 0 aliphatic carbocycles. The van der Waals surface area contributed by atoms with Crippen LogP contribution in [0.5, 0.6) is 0 Å². The van der Waals surface area contributed by atoms with Crippen LogP contribution >= 0.6 is 35.5 Å². The first-order chi connectivity index (χ1) is 8.65. The Labute approximate surface area is 123 Å². The van der Waals surface area contributed by atoms with Crippen molar-refractivity contribution >= 4 is 46.5 Å². The molecule has 1 atom stereocenters. The number of nitrogens with zero attached hydrogens (tertiary/aromatic N) is 2. The van der Waals surface area contributed by atoms with Gasteiger partial charge in [-0.2, -0.15) is 11.8 Å². The molecule has 1 saturated heterocycles. The van der Waals surface area contributed by atoms with Crippen molar-refractivity contribution in [2.45, 2.75) is 18.9 Å². The van der Waals surface area contributed by atoms with E-state index >= 15 is 0 Å². The molecule has 5 nitrogen and oxygen atoms in total. The molecule has 1 fully saturated rings. The Balaban J connectivity index is 0.00000180. The summed E-state index contributed by atoms with van der Waals surface area (Å²) in [7, 11) is 0. The van der Waals surface area contributed by atoms with Crippen LogP contribution in [0, 0.1) is 0 Å². The Morgan fingerprint density at radius 2 is 2.32 bits per heavy atom. The van der Waals surface area contributed by atoms with Crippen LogP contribution in [0.1, 0.15) is 17.9 Å². The van der Waals surface area contributed by atoms with E-state index < -0.39 is 6.43 Å². The Hall–Kier alpha value is -0.510. The first-order valence-corrected chi connectivity index (χ1v) is 7.35. The lowest BCUT2D eigenvalue weighted by molar-refractivity contribution is -0.116. The molecule has 0 aromatic carbocycles. The van der Waals surface area contributed by atoms with Crippen LogP contribution in [-0.4, -0.2) is 40.2 Å². The number of amides is 1. The van der Waals surface area contributed by atoms with Crippen molar-refractivity contribution in [3.8, 4) is 0 Å². The molecule has 0 spiro atoms. The van der Waals surface area contributed by atoms with Gasteiger partial charge in [0.25, 0.3) is 6.43 Å².